The third-order valence-electron chi connectivity index (χ3n) is 3.08. The third kappa shape index (κ3) is 2.02. The molecule has 1 amide bonds. The topological polar surface area (TPSA) is 40.5 Å². The predicted octanol–water partition coefficient (Wildman–Crippen LogP) is 1.01. The molecule has 1 saturated heterocycles. The molecule has 0 aromatic rings. The van der Waals surface area contributed by atoms with Gasteiger partial charge in [0.2, 0.25) is 0 Å². The van der Waals surface area contributed by atoms with Crippen molar-refractivity contribution in [2.45, 2.75) is 45.8 Å². The summed E-state index contributed by atoms with van der Waals surface area (Å²) in [5.41, 5.74) is 0. The smallest absolute Gasteiger partial charge is 0.251 e. The van der Waals surface area contributed by atoms with Gasteiger partial charge in [0.1, 0.15) is 6.10 Å². The molecule has 76 valence electrons. The molecule has 0 bridgehead atoms. The van der Waals surface area contributed by atoms with Crippen molar-refractivity contribution in [2.75, 3.05) is 6.54 Å². The standard InChI is InChI=1S/C10H19NO2/c1-4-9-5-6-11(7(9)2)10(13)8(3)12/h7-9,12H,4-6H2,1-3H3/t7?,8-,9?/m1/s1. The second-order valence-corrected chi connectivity index (χ2v) is 3.91. The van der Waals surface area contributed by atoms with Gasteiger partial charge in [0.15, 0.2) is 0 Å². The molecule has 2 unspecified atom stereocenters. The fourth-order valence-corrected chi connectivity index (χ4v) is 2.10. The number of likely N-dealkylation sites (tertiary alicyclic amines) is 1. The van der Waals surface area contributed by atoms with Gasteiger partial charge in [0.05, 0.1) is 0 Å². The summed E-state index contributed by atoms with van der Waals surface area (Å²) in [7, 11) is 0. The van der Waals surface area contributed by atoms with E-state index in [1.807, 2.05) is 0 Å². The van der Waals surface area contributed by atoms with Crippen molar-refractivity contribution in [3.8, 4) is 0 Å². The first-order valence-corrected chi connectivity index (χ1v) is 5.06. The number of aliphatic hydroxyl groups excluding tert-OH is 1. The molecular weight excluding hydrogens is 166 g/mol. The quantitative estimate of drug-likeness (QED) is 0.697. The fourth-order valence-electron chi connectivity index (χ4n) is 2.10. The summed E-state index contributed by atoms with van der Waals surface area (Å²) < 4.78 is 0. The summed E-state index contributed by atoms with van der Waals surface area (Å²) >= 11 is 0. The monoisotopic (exact) mass is 185 g/mol. The maximum absolute atomic E-state index is 11.5. The van der Waals surface area contributed by atoms with E-state index in [1.165, 1.54) is 6.92 Å². The number of hydrogen-bond donors (Lipinski definition) is 1. The van der Waals surface area contributed by atoms with Gasteiger partial charge in [-0.15, -0.1) is 0 Å². The van der Waals surface area contributed by atoms with Crippen LogP contribution in [-0.2, 0) is 4.79 Å². The summed E-state index contributed by atoms with van der Waals surface area (Å²) in [6.07, 6.45) is 1.35. The predicted molar refractivity (Wildman–Crippen MR) is 51.3 cm³/mol. The molecular formula is C10H19NO2. The van der Waals surface area contributed by atoms with Crippen LogP contribution in [0.15, 0.2) is 0 Å². The lowest BCUT2D eigenvalue weighted by Crippen LogP contribution is -2.41. The second-order valence-electron chi connectivity index (χ2n) is 3.91. The molecule has 0 aromatic carbocycles. The van der Waals surface area contributed by atoms with Crippen LogP contribution >= 0.6 is 0 Å². The van der Waals surface area contributed by atoms with E-state index in [0.29, 0.717) is 12.0 Å². The highest BCUT2D eigenvalue weighted by atomic mass is 16.3. The van der Waals surface area contributed by atoms with Gasteiger partial charge in [-0.1, -0.05) is 13.3 Å². The average molecular weight is 185 g/mol. The molecule has 0 aromatic heterocycles. The van der Waals surface area contributed by atoms with Gasteiger partial charge in [-0.25, -0.2) is 0 Å². The number of hydrogen-bond acceptors (Lipinski definition) is 2. The first kappa shape index (κ1) is 10.5. The Hall–Kier alpha value is -0.570. The lowest BCUT2D eigenvalue weighted by Gasteiger charge is -2.25. The Morgan fingerprint density at radius 1 is 1.69 bits per heavy atom. The zero-order valence-corrected chi connectivity index (χ0v) is 8.66. The largest absolute Gasteiger partial charge is 0.384 e. The van der Waals surface area contributed by atoms with E-state index in [-0.39, 0.29) is 5.91 Å². The second kappa shape index (κ2) is 4.09. The van der Waals surface area contributed by atoms with Gasteiger partial charge < -0.3 is 10.0 Å². The first-order valence-electron chi connectivity index (χ1n) is 5.06. The Balaban J connectivity index is 2.59. The molecule has 1 aliphatic rings. The number of aliphatic hydroxyl groups is 1. The molecule has 0 spiro atoms. The Bertz CT molecular complexity index is 191. The summed E-state index contributed by atoms with van der Waals surface area (Å²) in [6, 6.07) is 0.298. The maximum Gasteiger partial charge on any atom is 0.251 e. The Kier molecular flexibility index (Phi) is 3.31. The fraction of sp³-hybridized carbons (Fsp3) is 0.900. The third-order valence-corrected chi connectivity index (χ3v) is 3.08. The molecule has 1 heterocycles. The molecule has 1 aliphatic heterocycles. The molecule has 3 nitrogen and oxygen atoms in total. The Morgan fingerprint density at radius 3 is 2.69 bits per heavy atom. The van der Waals surface area contributed by atoms with Crippen LogP contribution in [0, 0.1) is 5.92 Å². The minimum atomic E-state index is -0.849. The number of rotatable bonds is 2. The Labute approximate surface area is 79.7 Å². The van der Waals surface area contributed by atoms with Crippen LogP contribution in [0.5, 0.6) is 0 Å². The maximum atomic E-state index is 11.5. The van der Waals surface area contributed by atoms with E-state index in [4.69, 9.17) is 5.11 Å². The Morgan fingerprint density at radius 2 is 2.31 bits per heavy atom. The van der Waals surface area contributed by atoms with E-state index in [9.17, 15) is 4.79 Å². The normalized spacial score (nSPS) is 30.6. The molecule has 1 rings (SSSR count). The van der Waals surface area contributed by atoms with Gasteiger partial charge in [-0.3, -0.25) is 4.79 Å². The van der Waals surface area contributed by atoms with E-state index < -0.39 is 6.10 Å². The van der Waals surface area contributed by atoms with Gasteiger partial charge in [0, 0.05) is 12.6 Å². The molecule has 3 heteroatoms. The van der Waals surface area contributed by atoms with Crippen molar-refractivity contribution in [1.82, 2.24) is 4.90 Å². The van der Waals surface area contributed by atoms with Gasteiger partial charge in [0.25, 0.3) is 5.91 Å². The molecule has 0 radical (unpaired) electrons. The van der Waals surface area contributed by atoms with Gasteiger partial charge in [-0.2, -0.15) is 0 Å². The summed E-state index contributed by atoms with van der Waals surface area (Å²) in [6.45, 7) is 6.57. The number of carbonyl (C=O) groups excluding carboxylic acids is 1. The van der Waals surface area contributed by atoms with Crippen LogP contribution in [0.2, 0.25) is 0 Å². The first-order chi connectivity index (χ1) is 6.07. The van der Waals surface area contributed by atoms with Crippen LogP contribution in [0.1, 0.15) is 33.6 Å². The molecule has 13 heavy (non-hydrogen) atoms. The zero-order chi connectivity index (χ0) is 10.0. The van der Waals surface area contributed by atoms with Gasteiger partial charge in [-0.05, 0) is 26.2 Å². The van der Waals surface area contributed by atoms with Gasteiger partial charge >= 0.3 is 0 Å². The molecule has 3 atom stereocenters. The van der Waals surface area contributed by atoms with Crippen molar-refractivity contribution >= 4 is 5.91 Å². The summed E-state index contributed by atoms with van der Waals surface area (Å²) in [5, 5.41) is 9.17. The minimum absolute atomic E-state index is 0.122. The van der Waals surface area contributed by atoms with Crippen LogP contribution in [0.4, 0.5) is 0 Å². The van der Waals surface area contributed by atoms with Crippen LogP contribution in [-0.4, -0.2) is 34.6 Å². The number of amides is 1. The van der Waals surface area contributed by atoms with Crippen molar-refractivity contribution in [3.63, 3.8) is 0 Å². The lowest BCUT2D eigenvalue weighted by atomic mass is 9.99. The SMILES string of the molecule is CCC1CCN(C(=O)[C@@H](C)O)C1C. The highest BCUT2D eigenvalue weighted by Crippen LogP contribution is 2.26. The average Bonchev–Trinajstić information content (AvgIpc) is 2.45. The number of nitrogens with zero attached hydrogens (tertiary/aromatic N) is 1. The molecule has 0 saturated carbocycles. The lowest BCUT2D eigenvalue weighted by molar-refractivity contribution is -0.140. The van der Waals surface area contributed by atoms with Crippen molar-refractivity contribution in [3.05, 3.63) is 0 Å². The minimum Gasteiger partial charge on any atom is -0.384 e. The van der Waals surface area contributed by atoms with Crippen LogP contribution in [0.3, 0.4) is 0 Å². The molecule has 0 aliphatic carbocycles. The summed E-state index contributed by atoms with van der Waals surface area (Å²) in [4.78, 5) is 13.3. The van der Waals surface area contributed by atoms with Crippen LogP contribution in [0.25, 0.3) is 0 Å². The van der Waals surface area contributed by atoms with Crippen molar-refractivity contribution in [1.29, 1.82) is 0 Å². The molecule has 1 N–H and O–H groups in total. The molecule has 1 fully saturated rings. The van der Waals surface area contributed by atoms with Crippen molar-refractivity contribution < 1.29 is 9.90 Å². The van der Waals surface area contributed by atoms with E-state index in [2.05, 4.69) is 13.8 Å². The number of carbonyl (C=O) groups is 1. The zero-order valence-electron chi connectivity index (χ0n) is 8.66. The highest BCUT2D eigenvalue weighted by Gasteiger charge is 2.33. The van der Waals surface area contributed by atoms with E-state index in [0.717, 1.165) is 19.4 Å². The summed E-state index contributed by atoms with van der Waals surface area (Å²) in [5.74, 6) is 0.492. The van der Waals surface area contributed by atoms with Crippen molar-refractivity contribution in [2.24, 2.45) is 5.92 Å². The van der Waals surface area contributed by atoms with E-state index >= 15 is 0 Å². The van der Waals surface area contributed by atoms with E-state index in [1.54, 1.807) is 4.90 Å². The van der Waals surface area contributed by atoms with Crippen LogP contribution < -0.4 is 0 Å². The highest BCUT2D eigenvalue weighted by molar-refractivity contribution is 5.80.